The smallest absolute Gasteiger partial charge is 0.526 e. The van der Waals surface area contributed by atoms with E-state index < -0.39 is 0 Å². The lowest BCUT2D eigenvalue weighted by molar-refractivity contribution is 0.0301. The zero-order valence-electron chi connectivity index (χ0n) is 17.8. The molecule has 0 unspecified atom stereocenters. The van der Waals surface area contributed by atoms with Crippen LogP contribution in [0.5, 0.6) is 11.5 Å². The molecule has 2 aromatic rings. The van der Waals surface area contributed by atoms with Crippen LogP contribution in [-0.4, -0.2) is 81.9 Å². The molecular formula is C22H22BCl2N2O6. The lowest BCUT2D eigenvalue weighted by Crippen LogP contribution is -2.40. The first-order valence-electron chi connectivity index (χ1n) is 10.5. The Morgan fingerprint density at radius 2 is 1.12 bits per heavy atom. The van der Waals surface area contributed by atoms with Crippen LogP contribution in [0.1, 0.15) is 20.7 Å². The number of hydrogen-bond acceptors (Lipinski definition) is 6. The molecule has 2 amide bonds. The maximum atomic E-state index is 12.6. The molecule has 2 aromatic carbocycles. The van der Waals surface area contributed by atoms with Crippen LogP contribution in [0, 0.1) is 0 Å². The van der Waals surface area contributed by atoms with Crippen molar-refractivity contribution in [2.75, 3.05) is 52.6 Å². The zero-order chi connectivity index (χ0) is 23.2. The summed E-state index contributed by atoms with van der Waals surface area (Å²) in [7, 11) is 1.13. The van der Waals surface area contributed by atoms with E-state index in [0.29, 0.717) is 75.2 Å². The van der Waals surface area contributed by atoms with E-state index in [-0.39, 0.29) is 21.9 Å². The van der Waals surface area contributed by atoms with Crippen LogP contribution in [0.2, 0.25) is 10.0 Å². The van der Waals surface area contributed by atoms with Crippen LogP contribution in [0.25, 0.3) is 0 Å². The molecule has 0 aliphatic carbocycles. The molecule has 0 atom stereocenters. The molecule has 0 saturated carbocycles. The number of benzene rings is 2. The number of rotatable bonds is 6. The highest BCUT2D eigenvalue weighted by molar-refractivity contribution is 6.34. The summed E-state index contributed by atoms with van der Waals surface area (Å²) in [5.41, 5.74) is 0.804. The van der Waals surface area contributed by atoms with Gasteiger partial charge in [0.2, 0.25) is 0 Å². The number of amides is 2. The van der Waals surface area contributed by atoms with Crippen LogP contribution < -0.4 is 9.31 Å². The van der Waals surface area contributed by atoms with Gasteiger partial charge < -0.3 is 28.6 Å². The molecule has 1 radical (unpaired) electrons. The largest absolute Gasteiger partial charge is 0.658 e. The monoisotopic (exact) mass is 491 g/mol. The minimum absolute atomic E-state index is 0.142. The van der Waals surface area contributed by atoms with Gasteiger partial charge in [0, 0.05) is 26.2 Å². The van der Waals surface area contributed by atoms with Crippen molar-refractivity contribution in [1.82, 2.24) is 9.80 Å². The summed E-state index contributed by atoms with van der Waals surface area (Å²) in [4.78, 5) is 28.6. The van der Waals surface area contributed by atoms with Gasteiger partial charge in [-0.3, -0.25) is 9.59 Å². The quantitative estimate of drug-likeness (QED) is 0.578. The Balaban J connectivity index is 1.31. The molecule has 2 saturated heterocycles. The summed E-state index contributed by atoms with van der Waals surface area (Å²) in [5, 5.41) is 0.567. The lowest BCUT2D eigenvalue weighted by Gasteiger charge is -2.27. The van der Waals surface area contributed by atoms with Crippen molar-refractivity contribution < 1.29 is 28.4 Å². The highest BCUT2D eigenvalue weighted by Gasteiger charge is 2.22. The Bertz CT molecular complexity index is 933. The maximum Gasteiger partial charge on any atom is 0.658 e. The van der Waals surface area contributed by atoms with Crippen LogP contribution in [0.4, 0.5) is 0 Å². The average Bonchev–Trinajstić information content (AvgIpc) is 2.84. The fourth-order valence-electron chi connectivity index (χ4n) is 3.49. The van der Waals surface area contributed by atoms with Gasteiger partial charge >= 0.3 is 7.69 Å². The molecule has 8 nitrogen and oxygen atoms in total. The summed E-state index contributed by atoms with van der Waals surface area (Å²) in [6.45, 7) is 4.21. The normalized spacial score (nSPS) is 16.3. The number of ether oxygens (including phenoxy) is 2. The third-order valence-electron chi connectivity index (χ3n) is 5.31. The molecule has 4 rings (SSSR count). The number of halogens is 2. The van der Waals surface area contributed by atoms with Crippen molar-refractivity contribution in [3.63, 3.8) is 0 Å². The highest BCUT2D eigenvalue weighted by Crippen LogP contribution is 2.26. The van der Waals surface area contributed by atoms with Crippen molar-refractivity contribution >= 4 is 42.7 Å². The van der Waals surface area contributed by atoms with Crippen LogP contribution >= 0.6 is 23.2 Å². The van der Waals surface area contributed by atoms with Gasteiger partial charge in [0.25, 0.3) is 11.8 Å². The van der Waals surface area contributed by atoms with E-state index >= 15 is 0 Å². The predicted molar refractivity (Wildman–Crippen MR) is 123 cm³/mol. The molecular weight excluding hydrogens is 470 g/mol. The first-order chi connectivity index (χ1) is 16.0. The summed E-state index contributed by atoms with van der Waals surface area (Å²) in [5.74, 6) is 0.528. The van der Waals surface area contributed by atoms with Gasteiger partial charge in [-0.1, -0.05) is 23.2 Å². The lowest BCUT2D eigenvalue weighted by atomic mass is 10.1. The zero-order valence-corrected chi connectivity index (χ0v) is 19.3. The van der Waals surface area contributed by atoms with E-state index in [1.54, 1.807) is 46.2 Å². The fraction of sp³-hybridized carbons (Fsp3) is 0.364. The van der Waals surface area contributed by atoms with Crippen molar-refractivity contribution in [3.8, 4) is 11.5 Å². The van der Waals surface area contributed by atoms with Crippen LogP contribution in [0.15, 0.2) is 36.4 Å². The predicted octanol–water partition coefficient (Wildman–Crippen LogP) is 2.93. The standard InChI is InChI=1S/C22H22BCl2N2O6/c24-19-13-15(1-3-17(19)21(28)26-5-9-30-10-6-26)32-23-33-16-2-4-18(20(25)14-16)22(29)27-7-11-31-12-8-27/h1-4,13-14H,5-12H2. The second-order valence-electron chi connectivity index (χ2n) is 7.42. The van der Waals surface area contributed by atoms with Crippen LogP contribution in [0.3, 0.4) is 0 Å². The first-order valence-corrected chi connectivity index (χ1v) is 11.3. The molecule has 2 heterocycles. The van der Waals surface area contributed by atoms with Gasteiger partial charge in [0.05, 0.1) is 47.6 Å². The van der Waals surface area contributed by atoms with E-state index in [2.05, 4.69) is 0 Å². The minimum atomic E-state index is -0.142. The third kappa shape index (κ3) is 5.92. The van der Waals surface area contributed by atoms with Gasteiger partial charge in [-0.15, -0.1) is 0 Å². The van der Waals surface area contributed by atoms with Crippen molar-refractivity contribution in [2.24, 2.45) is 0 Å². The number of carbonyl (C=O) groups excluding carboxylic acids is 2. The fourth-order valence-corrected chi connectivity index (χ4v) is 4.00. The maximum absolute atomic E-state index is 12.6. The van der Waals surface area contributed by atoms with Crippen molar-refractivity contribution in [1.29, 1.82) is 0 Å². The number of carbonyl (C=O) groups is 2. The van der Waals surface area contributed by atoms with Gasteiger partial charge in [0.1, 0.15) is 11.5 Å². The molecule has 0 N–H and O–H groups in total. The molecule has 0 spiro atoms. The Hall–Kier alpha value is -2.46. The van der Waals surface area contributed by atoms with E-state index in [9.17, 15) is 9.59 Å². The second kappa shape index (κ2) is 11.1. The van der Waals surface area contributed by atoms with Gasteiger partial charge in [-0.25, -0.2) is 0 Å². The van der Waals surface area contributed by atoms with Gasteiger partial charge in [-0.2, -0.15) is 0 Å². The molecule has 11 heteroatoms. The topological polar surface area (TPSA) is 77.5 Å². The first kappa shape index (κ1) is 23.7. The van der Waals surface area contributed by atoms with Gasteiger partial charge in [0.15, 0.2) is 0 Å². The summed E-state index contributed by atoms with van der Waals surface area (Å²) in [6, 6.07) is 9.60. The summed E-state index contributed by atoms with van der Waals surface area (Å²) >= 11 is 12.6. The minimum Gasteiger partial charge on any atom is -0.526 e. The van der Waals surface area contributed by atoms with E-state index in [1.807, 2.05) is 0 Å². The van der Waals surface area contributed by atoms with E-state index in [1.165, 1.54) is 0 Å². The summed E-state index contributed by atoms with van der Waals surface area (Å²) in [6.07, 6.45) is 0. The number of nitrogens with zero attached hydrogens (tertiary/aromatic N) is 2. The molecule has 173 valence electrons. The Morgan fingerprint density at radius 1 is 0.727 bits per heavy atom. The average molecular weight is 492 g/mol. The van der Waals surface area contributed by atoms with E-state index in [4.69, 9.17) is 42.0 Å². The number of morpholine rings is 2. The van der Waals surface area contributed by atoms with E-state index in [0.717, 1.165) is 7.69 Å². The molecule has 33 heavy (non-hydrogen) atoms. The Labute approximate surface area is 202 Å². The van der Waals surface area contributed by atoms with Crippen molar-refractivity contribution in [2.45, 2.75) is 0 Å². The SMILES string of the molecule is O=C(c1ccc(O[B]Oc2ccc(C(=O)N3CCOCC3)c(Cl)c2)cc1Cl)N1CCOCC1. The second-order valence-corrected chi connectivity index (χ2v) is 8.24. The van der Waals surface area contributed by atoms with Gasteiger partial charge in [-0.05, 0) is 36.4 Å². The third-order valence-corrected chi connectivity index (χ3v) is 5.93. The van der Waals surface area contributed by atoms with Crippen LogP contribution in [-0.2, 0) is 9.47 Å². The molecule has 2 aliphatic rings. The molecule has 2 fully saturated rings. The molecule has 0 aromatic heterocycles. The highest BCUT2D eigenvalue weighted by atomic mass is 35.5. The Kier molecular flexibility index (Phi) is 7.98. The summed E-state index contributed by atoms with van der Waals surface area (Å²) < 4.78 is 21.5. The molecule has 2 aliphatic heterocycles. The van der Waals surface area contributed by atoms with Crippen molar-refractivity contribution in [3.05, 3.63) is 57.6 Å². The molecule has 0 bridgehead atoms. The number of hydrogen-bond donors (Lipinski definition) is 0. The Morgan fingerprint density at radius 3 is 1.48 bits per heavy atom.